The predicted octanol–water partition coefficient (Wildman–Crippen LogP) is 4.97. The Hall–Kier alpha value is -3.60. The number of hydrogen-bond donors (Lipinski definition) is 1. The van der Waals surface area contributed by atoms with Crippen molar-refractivity contribution in [2.75, 3.05) is 6.61 Å². The lowest BCUT2D eigenvalue weighted by atomic mass is 10.1. The highest BCUT2D eigenvalue weighted by atomic mass is 16.5. The van der Waals surface area contributed by atoms with Gasteiger partial charge in [0.15, 0.2) is 0 Å². The van der Waals surface area contributed by atoms with Gasteiger partial charge in [0, 0.05) is 5.56 Å². The van der Waals surface area contributed by atoms with Gasteiger partial charge >= 0.3 is 0 Å². The van der Waals surface area contributed by atoms with E-state index in [-0.39, 0.29) is 5.91 Å². The molecule has 5 nitrogen and oxygen atoms in total. The van der Waals surface area contributed by atoms with Crippen LogP contribution in [0.4, 0.5) is 0 Å². The normalized spacial score (nSPS) is 10.9. The maximum absolute atomic E-state index is 12.6. The molecular weight excluding hydrogens is 386 g/mol. The van der Waals surface area contributed by atoms with Gasteiger partial charge < -0.3 is 14.6 Å². The van der Waals surface area contributed by atoms with Crippen LogP contribution < -0.4 is 10.1 Å². The average molecular weight is 414 g/mol. The van der Waals surface area contributed by atoms with E-state index >= 15 is 0 Å². The van der Waals surface area contributed by atoms with E-state index in [1.54, 1.807) is 0 Å². The molecule has 0 aliphatic rings. The summed E-state index contributed by atoms with van der Waals surface area (Å²) in [4.78, 5) is 17.3. The highest BCUT2D eigenvalue weighted by Crippen LogP contribution is 2.21. The molecule has 1 heterocycles. The first kappa shape index (κ1) is 20.7. The van der Waals surface area contributed by atoms with E-state index in [4.69, 9.17) is 9.72 Å². The van der Waals surface area contributed by atoms with Gasteiger partial charge in [0.2, 0.25) is 0 Å². The fourth-order valence-electron chi connectivity index (χ4n) is 3.68. The van der Waals surface area contributed by atoms with Crippen molar-refractivity contribution in [1.29, 1.82) is 0 Å². The standard InChI is InChI=1S/C26H27N3O2/c1-18-8-6-10-21(16-18)26(30)27-17-25-28-22-11-4-5-12-23(22)29(25)14-15-31-24-13-7-9-19(2)20(24)3/h4-13,16H,14-15,17H2,1-3H3,(H,27,30). The first-order chi connectivity index (χ1) is 15.0. The quantitative estimate of drug-likeness (QED) is 0.465. The van der Waals surface area contributed by atoms with Crippen LogP contribution in [0.25, 0.3) is 11.0 Å². The lowest BCUT2D eigenvalue weighted by Gasteiger charge is -2.13. The van der Waals surface area contributed by atoms with Crippen molar-refractivity contribution in [3.8, 4) is 5.75 Å². The molecule has 0 saturated carbocycles. The molecule has 1 amide bonds. The summed E-state index contributed by atoms with van der Waals surface area (Å²) in [5.74, 6) is 1.61. The molecule has 5 heteroatoms. The highest BCUT2D eigenvalue weighted by molar-refractivity contribution is 5.94. The van der Waals surface area contributed by atoms with Gasteiger partial charge in [-0.05, 0) is 62.2 Å². The van der Waals surface area contributed by atoms with Crippen LogP contribution in [0.1, 0.15) is 32.9 Å². The van der Waals surface area contributed by atoms with Crippen molar-refractivity contribution < 1.29 is 9.53 Å². The molecule has 0 bridgehead atoms. The third-order valence-electron chi connectivity index (χ3n) is 5.55. The predicted molar refractivity (Wildman–Crippen MR) is 123 cm³/mol. The molecule has 0 atom stereocenters. The molecule has 3 aromatic carbocycles. The number of hydrogen-bond acceptors (Lipinski definition) is 3. The summed E-state index contributed by atoms with van der Waals surface area (Å²) in [5.41, 5.74) is 6.03. The van der Waals surface area contributed by atoms with Gasteiger partial charge in [-0.3, -0.25) is 4.79 Å². The topological polar surface area (TPSA) is 56.2 Å². The van der Waals surface area contributed by atoms with Crippen molar-refractivity contribution in [3.63, 3.8) is 0 Å². The number of benzene rings is 3. The van der Waals surface area contributed by atoms with Crippen molar-refractivity contribution in [2.24, 2.45) is 0 Å². The first-order valence-corrected chi connectivity index (χ1v) is 10.5. The number of aromatic nitrogens is 2. The lowest BCUT2D eigenvalue weighted by molar-refractivity contribution is 0.0949. The number of carbonyl (C=O) groups excluding carboxylic acids is 1. The summed E-state index contributed by atoms with van der Waals surface area (Å²) in [6.07, 6.45) is 0. The molecule has 0 aliphatic heterocycles. The molecule has 0 saturated heterocycles. The minimum Gasteiger partial charge on any atom is -0.491 e. The zero-order valence-electron chi connectivity index (χ0n) is 18.2. The van der Waals surface area contributed by atoms with Gasteiger partial charge in [-0.25, -0.2) is 4.98 Å². The van der Waals surface area contributed by atoms with Gasteiger partial charge in [-0.1, -0.05) is 42.0 Å². The Morgan fingerprint density at radius 2 is 1.81 bits per heavy atom. The van der Waals surface area contributed by atoms with Crippen molar-refractivity contribution in [2.45, 2.75) is 33.9 Å². The molecule has 0 fully saturated rings. The Balaban J connectivity index is 1.50. The van der Waals surface area contributed by atoms with Gasteiger partial charge in [0.05, 0.1) is 24.1 Å². The summed E-state index contributed by atoms with van der Waals surface area (Å²) in [7, 11) is 0. The van der Waals surface area contributed by atoms with Crippen LogP contribution in [0.5, 0.6) is 5.75 Å². The molecule has 158 valence electrons. The van der Waals surface area contributed by atoms with Crippen LogP contribution in [0.15, 0.2) is 66.7 Å². The van der Waals surface area contributed by atoms with Gasteiger partial charge in [0.25, 0.3) is 5.91 Å². The Bertz CT molecular complexity index is 1230. The van der Waals surface area contributed by atoms with E-state index in [1.807, 2.05) is 67.6 Å². The van der Waals surface area contributed by atoms with E-state index in [0.717, 1.165) is 33.7 Å². The summed E-state index contributed by atoms with van der Waals surface area (Å²) >= 11 is 0. The van der Waals surface area contributed by atoms with Crippen LogP contribution in [0.2, 0.25) is 0 Å². The number of aryl methyl sites for hydroxylation is 2. The summed E-state index contributed by atoms with van der Waals surface area (Å²) in [5, 5.41) is 3.01. The second kappa shape index (κ2) is 9.04. The van der Waals surface area contributed by atoms with Crippen LogP contribution in [0.3, 0.4) is 0 Å². The zero-order chi connectivity index (χ0) is 21.8. The number of nitrogens with one attached hydrogen (secondary N) is 1. The summed E-state index contributed by atoms with van der Waals surface area (Å²) in [6.45, 7) is 7.65. The summed E-state index contributed by atoms with van der Waals surface area (Å²) < 4.78 is 8.19. The monoisotopic (exact) mass is 413 g/mol. The number of rotatable bonds is 7. The average Bonchev–Trinajstić information content (AvgIpc) is 3.12. The van der Waals surface area contributed by atoms with Gasteiger partial charge in [-0.15, -0.1) is 0 Å². The molecule has 1 N–H and O–H groups in total. The molecule has 0 aliphatic carbocycles. The Kier molecular flexibility index (Phi) is 6.03. The van der Waals surface area contributed by atoms with Crippen LogP contribution >= 0.6 is 0 Å². The van der Waals surface area contributed by atoms with E-state index in [0.29, 0.717) is 25.3 Å². The van der Waals surface area contributed by atoms with E-state index in [2.05, 4.69) is 29.8 Å². The number of imidazole rings is 1. The number of ether oxygens (including phenoxy) is 1. The number of amides is 1. The minimum atomic E-state index is -0.103. The van der Waals surface area contributed by atoms with E-state index in [9.17, 15) is 4.79 Å². The molecule has 0 radical (unpaired) electrons. The SMILES string of the molecule is Cc1cccc(C(=O)NCc2nc3ccccc3n2CCOc2cccc(C)c2C)c1. The molecule has 31 heavy (non-hydrogen) atoms. The Morgan fingerprint density at radius 1 is 1.00 bits per heavy atom. The Morgan fingerprint density at radius 3 is 2.65 bits per heavy atom. The van der Waals surface area contributed by atoms with Gasteiger partial charge in [0.1, 0.15) is 18.2 Å². The maximum Gasteiger partial charge on any atom is 0.251 e. The van der Waals surface area contributed by atoms with Crippen molar-refractivity contribution in [1.82, 2.24) is 14.9 Å². The zero-order valence-corrected chi connectivity index (χ0v) is 18.2. The van der Waals surface area contributed by atoms with E-state index in [1.165, 1.54) is 5.56 Å². The molecular formula is C26H27N3O2. The van der Waals surface area contributed by atoms with Crippen LogP contribution in [-0.4, -0.2) is 22.1 Å². The van der Waals surface area contributed by atoms with Gasteiger partial charge in [-0.2, -0.15) is 0 Å². The smallest absolute Gasteiger partial charge is 0.251 e. The molecule has 4 aromatic rings. The summed E-state index contributed by atoms with van der Waals surface area (Å²) in [6, 6.07) is 21.7. The molecule has 0 spiro atoms. The van der Waals surface area contributed by atoms with E-state index < -0.39 is 0 Å². The third kappa shape index (κ3) is 4.61. The molecule has 4 rings (SSSR count). The fourth-order valence-corrected chi connectivity index (χ4v) is 3.68. The van der Waals surface area contributed by atoms with Crippen molar-refractivity contribution in [3.05, 3.63) is 94.8 Å². The van der Waals surface area contributed by atoms with Crippen LogP contribution in [-0.2, 0) is 13.1 Å². The number of fused-ring (bicyclic) bond motifs is 1. The second-order valence-corrected chi connectivity index (χ2v) is 7.77. The lowest BCUT2D eigenvalue weighted by Crippen LogP contribution is -2.25. The maximum atomic E-state index is 12.6. The largest absolute Gasteiger partial charge is 0.491 e. The Labute approximate surface area is 182 Å². The minimum absolute atomic E-state index is 0.103. The highest BCUT2D eigenvalue weighted by Gasteiger charge is 2.13. The van der Waals surface area contributed by atoms with Crippen LogP contribution in [0, 0.1) is 20.8 Å². The number of nitrogens with zero attached hydrogens (tertiary/aromatic N) is 2. The molecule has 0 unspecified atom stereocenters. The number of carbonyl (C=O) groups is 1. The first-order valence-electron chi connectivity index (χ1n) is 10.5. The number of para-hydroxylation sites is 2. The third-order valence-corrected chi connectivity index (χ3v) is 5.55. The van der Waals surface area contributed by atoms with Crippen molar-refractivity contribution >= 4 is 16.9 Å². The molecule has 1 aromatic heterocycles. The fraction of sp³-hybridized carbons (Fsp3) is 0.231. The second-order valence-electron chi connectivity index (χ2n) is 7.77.